The summed E-state index contributed by atoms with van der Waals surface area (Å²) in [4.78, 5) is 26.1. The monoisotopic (exact) mass is 370 g/mol. The molecule has 1 aliphatic rings. The van der Waals surface area contributed by atoms with Gasteiger partial charge >= 0.3 is 0 Å². The van der Waals surface area contributed by atoms with Gasteiger partial charge in [0.05, 0.1) is 13.2 Å². The smallest absolute Gasteiger partial charge is 0.254 e. The molecule has 0 bridgehead atoms. The number of hydrogen-bond acceptors (Lipinski definition) is 3. The van der Waals surface area contributed by atoms with Crippen molar-refractivity contribution >= 4 is 11.8 Å². The van der Waals surface area contributed by atoms with E-state index < -0.39 is 5.82 Å². The molecule has 27 heavy (non-hydrogen) atoms. The van der Waals surface area contributed by atoms with Gasteiger partial charge in [-0.15, -0.1) is 0 Å². The second-order valence-corrected chi connectivity index (χ2v) is 6.86. The number of amides is 2. The second kappa shape index (κ2) is 7.78. The van der Waals surface area contributed by atoms with Gasteiger partial charge in [0.2, 0.25) is 5.91 Å². The average Bonchev–Trinajstić information content (AvgIpc) is 3.06. The van der Waals surface area contributed by atoms with Crippen LogP contribution in [0.25, 0.3) is 0 Å². The van der Waals surface area contributed by atoms with Gasteiger partial charge in [-0.1, -0.05) is 18.2 Å². The highest BCUT2D eigenvalue weighted by atomic mass is 19.1. The van der Waals surface area contributed by atoms with E-state index >= 15 is 0 Å². The highest BCUT2D eigenvalue weighted by Crippen LogP contribution is 2.30. The summed E-state index contributed by atoms with van der Waals surface area (Å²) >= 11 is 0. The molecule has 3 rings (SSSR count). The summed E-state index contributed by atoms with van der Waals surface area (Å²) in [5, 5.41) is 2.94. The molecule has 2 aromatic rings. The first-order valence-electron chi connectivity index (χ1n) is 8.85. The number of halogens is 1. The number of hydrogen-bond donors (Lipinski definition) is 1. The molecule has 0 saturated carbocycles. The summed E-state index contributed by atoms with van der Waals surface area (Å²) in [5.41, 5.74) is 1.83. The Morgan fingerprint density at radius 3 is 2.44 bits per heavy atom. The van der Waals surface area contributed by atoms with Crippen LogP contribution < -0.4 is 10.1 Å². The quantitative estimate of drug-likeness (QED) is 0.900. The molecule has 1 saturated heterocycles. The highest BCUT2D eigenvalue weighted by Gasteiger charge is 2.37. The fourth-order valence-electron chi connectivity index (χ4n) is 3.47. The number of likely N-dealkylation sites (tertiary alicyclic amines) is 1. The first-order chi connectivity index (χ1) is 12.9. The van der Waals surface area contributed by atoms with Crippen LogP contribution in [-0.4, -0.2) is 43.0 Å². The van der Waals surface area contributed by atoms with Gasteiger partial charge in [-0.25, -0.2) is 4.39 Å². The number of carbonyl (C=O) groups excluding carboxylic acids is 2. The van der Waals surface area contributed by atoms with Crippen molar-refractivity contribution in [2.75, 3.05) is 20.2 Å². The van der Waals surface area contributed by atoms with Crippen molar-refractivity contribution in [3.05, 3.63) is 65.0 Å². The van der Waals surface area contributed by atoms with Crippen LogP contribution in [0.4, 0.5) is 4.39 Å². The van der Waals surface area contributed by atoms with Gasteiger partial charge in [0, 0.05) is 31.5 Å². The van der Waals surface area contributed by atoms with E-state index in [1.807, 2.05) is 24.3 Å². The number of ether oxygens (including phenoxy) is 1. The van der Waals surface area contributed by atoms with Crippen LogP contribution >= 0.6 is 0 Å². The number of methoxy groups -OCH3 is 1. The fourth-order valence-corrected chi connectivity index (χ4v) is 3.47. The molecular weight excluding hydrogens is 347 g/mol. The highest BCUT2D eigenvalue weighted by molar-refractivity contribution is 5.94. The van der Waals surface area contributed by atoms with Crippen molar-refractivity contribution in [2.24, 2.45) is 0 Å². The average molecular weight is 370 g/mol. The zero-order valence-electron chi connectivity index (χ0n) is 15.7. The molecule has 6 heteroatoms. The Balaban J connectivity index is 1.84. The van der Waals surface area contributed by atoms with Crippen molar-refractivity contribution < 1.29 is 18.7 Å². The van der Waals surface area contributed by atoms with Crippen LogP contribution in [0.1, 0.15) is 34.3 Å². The lowest BCUT2D eigenvalue weighted by Crippen LogP contribution is -2.39. The normalized spacial score (nSPS) is 19.0. The second-order valence-electron chi connectivity index (χ2n) is 6.86. The minimum atomic E-state index is -0.398. The van der Waals surface area contributed by atoms with Crippen LogP contribution in [0, 0.1) is 12.7 Å². The van der Waals surface area contributed by atoms with Crippen LogP contribution in [-0.2, 0) is 4.79 Å². The molecule has 0 spiro atoms. The standard InChI is InChI=1S/C21H23FN2O3/c1-13-4-5-16(10-19(13)22)21(26)24-11-18(20(12-24)23-14(2)25)15-6-8-17(27-3)9-7-15/h4-10,18,20H,11-12H2,1-3H3,(H,23,25)/t18-,20+/m0/s1. The Kier molecular flexibility index (Phi) is 5.44. The van der Waals surface area contributed by atoms with Gasteiger partial charge < -0.3 is 15.0 Å². The third-order valence-corrected chi connectivity index (χ3v) is 4.96. The van der Waals surface area contributed by atoms with Gasteiger partial charge in [-0.05, 0) is 42.3 Å². The molecule has 0 aliphatic carbocycles. The molecule has 2 amide bonds. The lowest BCUT2D eigenvalue weighted by Gasteiger charge is -2.19. The van der Waals surface area contributed by atoms with E-state index in [0.717, 1.165) is 11.3 Å². The van der Waals surface area contributed by atoms with E-state index in [9.17, 15) is 14.0 Å². The predicted octanol–water partition coefficient (Wildman–Crippen LogP) is 2.89. The molecular formula is C21H23FN2O3. The minimum Gasteiger partial charge on any atom is -0.497 e. The number of rotatable bonds is 4. The van der Waals surface area contributed by atoms with Crippen molar-refractivity contribution in [3.63, 3.8) is 0 Å². The summed E-state index contributed by atoms with van der Waals surface area (Å²) in [6, 6.07) is 11.9. The fraction of sp³-hybridized carbons (Fsp3) is 0.333. The molecule has 1 heterocycles. The SMILES string of the molecule is COc1ccc([C@@H]2CN(C(=O)c3ccc(C)c(F)c3)C[C@H]2NC(C)=O)cc1. The lowest BCUT2D eigenvalue weighted by atomic mass is 9.94. The first-order valence-corrected chi connectivity index (χ1v) is 8.85. The van der Waals surface area contributed by atoms with Crippen LogP contribution in [0.5, 0.6) is 5.75 Å². The van der Waals surface area contributed by atoms with E-state index in [1.165, 1.54) is 13.0 Å². The Morgan fingerprint density at radius 1 is 1.15 bits per heavy atom. The maximum absolute atomic E-state index is 13.8. The molecule has 2 atom stereocenters. The maximum atomic E-state index is 13.8. The van der Waals surface area contributed by atoms with Gasteiger partial charge in [-0.3, -0.25) is 9.59 Å². The number of aryl methyl sites for hydroxylation is 1. The van der Waals surface area contributed by atoms with Crippen LogP contribution in [0.2, 0.25) is 0 Å². The lowest BCUT2D eigenvalue weighted by molar-refractivity contribution is -0.119. The van der Waals surface area contributed by atoms with Crippen molar-refractivity contribution in [2.45, 2.75) is 25.8 Å². The Morgan fingerprint density at radius 2 is 1.85 bits per heavy atom. The molecule has 1 fully saturated rings. The predicted molar refractivity (Wildman–Crippen MR) is 100 cm³/mol. The molecule has 142 valence electrons. The topological polar surface area (TPSA) is 58.6 Å². The summed E-state index contributed by atoms with van der Waals surface area (Å²) in [6.07, 6.45) is 0. The Bertz CT molecular complexity index is 851. The Hall–Kier alpha value is -2.89. The third kappa shape index (κ3) is 4.10. The van der Waals surface area contributed by atoms with E-state index in [2.05, 4.69) is 5.32 Å². The maximum Gasteiger partial charge on any atom is 0.254 e. The number of carbonyl (C=O) groups is 2. The summed E-state index contributed by atoms with van der Waals surface area (Å²) < 4.78 is 19.0. The molecule has 0 radical (unpaired) electrons. The van der Waals surface area contributed by atoms with E-state index in [1.54, 1.807) is 31.1 Å². The Labute approximate surface area is 158 Å². The molecule has 1 N–H and O–H groups in total. The first kappa shape index (κ1) is 18.9. The van der Waals surface area contributed by atoms with Gasteiger partial charge in [0.15, 0.2) is 0 Å². The number of nitrogens with one attached hydrogen (secondary N) is 1. The van der Waals surface area contributed by atoms with E-state index in [0.29, 0.717) is 24.2 Å². The number of benzene rings is 2. The summed E-state index contributed by atoms with van der Waals surface area (Å²) in [6.45, 7) is 3.95. The van der Waals surface area contributed by atoms with Gasteiger partial charge in [0.1, 0.15) is 11.6 Å². The van der Waals surface area contributed by atoms with Crippen LogP contribution in [0.3, 0.4) is 0 Å². The van der Waals surface area contributed by atoms with Gasteiger partial charge in [-0.2, -0.15) is 0 Å². The van der Waals surface area contributed by atoms with Gasteiger partial charge in [0.25, 0.3) is 5.91 Å². The van der Waals surface area contributed by atoms with Crippen molar-refractivity contribution in [1.29, 1.82) is 0 Å². The third-order valence-electron chi connectivity index (χ3n) is 4.96. The number of nitrogens with zero attached hydrogens (tertiary/aromatic N) is 1. The minimum absolute atomic E-state index is 0.0425. The van der Waals surface area contributed by atoms with E-state index in [4.69, 9.17) is 4.74 Å². The zero-order valence-corrected chi connectivity index (χ0v) is 15.7. The molecule has 1 aliphatic heterocycles. The molecule has 2 aromatic carbocycles. The molecule has 0 unspecified atom stereocenters. The molecule has 5 nitrogen and oxygen atoms in total. The summed E-state index contributed by atoms with van der Waals surface area (Å²) in [7, 11) is 1.60. The van der Waals surface area contributed by atoms with Crippen molar-refractivity contribution in [1.82, 2.24) is 10.2 Å². The largest absolute Gasteiger partial charge is 0.497 e. The van der Waals surface area contributed by atoms with Crippen LogP contribution in [0.15, 0.2) is 42.5 Å². The van der Waals surface area contributed by atoms with Crippen molar-refractivity contribution in [3.8, 4) is 5.75 Å². The molecule has 0 aromatic heterocycles. The van der Waals surface area contributed by atoms with E-state index in [-0.39, 0.29) is 23.8 Å². The summed E-state index contributed by atoms with van der Waals surface area (Å²) in [5.74, 6) is -0.0745. The zero-order chi connectivity index (χ0) is 19.6.